The van der Waals surface area contributed by atoms with Gasteiger partial charge < -0.3 is 4.90 Å². The summed E-state index contributed by atoms with van der Waals surface area (Å²) in [6, 6.07) is 22.3. The average Bonchev–Trinajstić information content (AvgIpc) is 3.05. The standard InChI is InChI=1S/C26H29NS/c1-17(2)18-11-9-12-19-20-13-10-16-23(25(20)28-24(18)19)27(6)22-15-8-7-14-21(22)26(3,4)5/h7-17H,1-6H3. The molecule has 0 atom stereocenters. The fraction of sp³-hybridized carbons (Fsp3) is 0.308. The van der Waals surface area contributed by atoms with Crippen LogP contribution in [0.5, 0.6) is 0 Å². The second-order valence-corrected chi connectivity index (χ2v) is 9.98. The van der Waals surface area contributed by atoms with Gasteiger partial charge in [-0.25, -0.2) is 0 Å². The molecule has 0 unspecified atom stereocenters. The van der Waals surface area contributed by atoms with Crippen LogP contribution >= 0.6 is 11.3 Å². The highest BCUT2D eigenvalue weighted by atomic mass is 32.1. The van der Waals surface area contributed by atoms with Crippen LogP contribution in [0.25, 0.3) is 20.2 Å². The third-order valence-corrected chi connectivity index (χ3v) is 6.88. The van der Waals surface area contributed by atoms with E-state index in [4.69, 9.17) is 0 Å². The Bertz CT molecular complexity index is 1140. The van der Waals surface area contributed by atoms with Crippen molar-refractivity contribution in [3.8, 4) is 0 Å². The number of para-hydroxylation sites is 1. The van der Waals surface area contributed by atoms with E-state index in [1.54, 1.807) is 0 Å². The van der Waals surface area contributed by atoms with Gasteiger partial charge in [-0.3, -0.25) is 0 Å². The molecule has 1 heterocycles. The zero-order valence-corrected chi connectivity index (χ0v) is 18.5. The quantitative estimate of drug-likeness (QED) is 0.342. The van der Waals surface area contributed by atoms with E-state index in [9.17, 15) is 0 Å². The molecule has 0 saturated carbocycles. The van der Waals surface area contributed by atoms with Gasteiger partial charge in [-0.05, 0) is 34.6 Å². The van der Waals surface area contributed by atoms with Gasteiger partial charge in [0.25, 0.3) is 0 Å². The maximum absolute atomic E-state index is 2.37. The number of rotatable bonds is 3. The summed E-state index contributed by atoms with van der Waals surface area (Å²) >= 11 is 1.94. The van der Waals surface area contributed by atoms with Gasteiger partial charge in [-0.1, -0.05) is 83.1 Å². The summed E-state index contributed by atoms with van der Waals surface area (Å²) in [4.78, 5) is 2.37. The van der Waals surface area contributed by atoms with Gasteiger partial charge in [0.15, 0.2) is 0 Å². The van der Waals surface area contributed by atoms with Crippen LogP contribution in [-0.2, 0) is 5.41 Å². The lowest BCUT2D eigenvalue weighted by molar-refractivity contribution is 0.590. The Kier molecular flexibility index (Phi) is 4.71. The van der Waals surface area contributed by atoms with E-state index in [0.29, 0.717) is 5.92 Å². The second kappa shape index (κ2) is 6.93. The summed E-state index contributed by atoms with van der Waals surface area (Å²) < 4.78 is 2.80. The molecule has 4 rings (SSSR count). The molecule has 0 aliphatic rings. The Hall–Kier alpha value is -2.32. The first-order chi connectivity index (χ1) is 13.3. The van der Waals surface area contributed by atoms with Gasteiger partial charge in [0, 0.05) is 28.2 Å². The predicted octanol–water partition coefficient (Wildman–Crippen LogP) is 8.24. The topological polar surface area (TPSA) is 3.24 Å². The summed E-state index contributed by atoms with van der Waals surface area (Å²) in [7, 11) is 2.20. The third-order valence-electron chi connectivity index (χ3n) is 5.59. The van der Waals surface area contributed by atoms with E-state index in [0.717, 1.165) is 0 Å². The van der Waals surface area contributed by atoms with E-state index >= 15 is 0 Å². The molecule has 4 aromatic rings. The molecule has 0 N–H and O–H groups in total. The summed E-state index contributed by atoms with van der Waals surface area (Å²) in [6.45, 7) is 11.4. The molecule has 2 heteroatoms. The van der Waals surface area contributed by atoms with E-state index in [1.807, 2.05) is 11.3 Å². The molecular weight excluding hydrogens is 358 g/mol. The smallest absolute Gasteiger partial charge is 0.0592 e. The molecular formula is C26H29NS. The van der Waals surface area contributed by atoms with Crippen LogP contribution in [-0.4, -0.2) is 7.05 Å². The van der Waals surface area contributed by atoms with Crippen LogP contribution in [0.4, 0.5) is 11.4 Å². The number of thiophene rings is 1. The number of benzene rings is 3. The Morgan fingerprint density at radius 1 is 0.750 bits per heavy atom. The fourth-order valence-corrected chi connectivity index (χ4v) is 5.59. The SMILES string of the molecule is CC(C)c1cccc2c1sc1c(N(C)c3ccccc3C(C)(C)C)cccc12. The van der Waals surface area contributed by atoms with Crippen LogP contribution in [0.15, 0.2) is 60.7 Å². The van der Waals surface area contributed by atoms with Gasteiger partial charge in [0.05, 0.1) is 10.4 Å². The highest BCUT2D eigenvalue weighted by Gasteiger charge is 2.22. The second-order valence-electron chi connectivity index (χ2n) is 8.96. The third kappa shape index (κ3) is 3.10. The fourth-order valence-electron chi connectivity index (χ4n) is 4.08. The monoisotopic (exact) mass is 387 g/mol. The van der Waals surface area contributed by atoms with Crippen molar-refractivity contribution in [2.45, 2.75) is 46.0 Å². The summed E-state index contributed by atoms with van der Waals surface area (Å²) in [5.41, 5.74) is 5.49. The van der Waals surface area contributed by atoms with Crippen LogP contribution in [0.2, 0.25) is 0 Å². The van der Waals surface area contributed by atoms with Crippen molar-refractivity contribution in [3.63, 3.8) is 0 Å². The molecule has 0 fully saturated rings. The maximum Gasteiger partial charge on any atom is 0.0592 e. The van der Waals surface area contributed by atoms with Crippen LogP contribution in [0.3, 0.4) is 0 Å². The first kappa shape index (κ1) is 19.0. The molecule has 144 valence electrons. The largest absolute Gasteiger partial charge is 0.343 e. The van der Waals surface area contributed by atoms with Crippen molar-refractivity contribution in [1.82, 2.24) is 0 Å². The van der Waals surface area contributed by atoms with Gasteiger partial charge in [0.1, 0.15) is 0 Å². The molecule has 0 aliphatic carbocycles. The van der Waals surface area contributed by atoms with Gasteiger partial charge >= 0.3 is 0 Å². The lowest BCUT2D eigenvalue weighted by Gasteiger charge is -2.29. The molecule has 0 aliphatic heterocycles. The minimum atomic E-state index is 0.101. The van der Waals surface area contributed by atoms with Crippen LogP contribution in [0.1, 0.15) is 51.7 Å². The van der Waals surface area contributed by atoms with Crippen molar-refractivity contribution in [2.24, 2.45) is 0 Å². The maximum atomic E-state index is 2.37. The molecule has 1 aromatic heterocycles. The predicted molar refractivity (Wildman–Crippen MR) is 127 cm³/mol. The highest BCUT2D eigenvalue weighted by Crippen LogP contribution is 2.44. The number of nitrogens with zero attached hydrogens (tertiary/aromatic N) is 1. The molecule has 0 radical (unpaired) electrons. The minimum absolute atomic E-state index is 0.101. The molecule has 0 bridgehead atoms. The normalized spacial score (nSPS) is 12.2. The lowest BCUT2D eigenvalue weighted by atomic mass is 9.85. The van der Waals surface area contributed by atoms with E-state index < -0.39 is 0 Å². The summed E-state index contributed by atoms with van der Waals surface area (Å²) in [5, 5.41) is 2.74. The first-order valence-corrected chi connectivity index (χ1v) is 10.9. The number of hydrogen-bond donors (Lipinski definition) is 0. The van der Waals surface area contributed by atoms with Gasteiger partial charge in [0.2, 0.25) is 0 Å². The van der Waals surface area contributed by atoms with Crippen LogP contribution in [0, 0.1) is 0 Å². The van der Waals surface area contributed by atoms with Gasteiger partial charge in [-0.15, -0.1) is 11.3 Å². The molecule has 0 amide bonds. The Labute approximate surface area is 172 Å². The lowest BCUT2D eigenvalue weighted by Crippen LogP contribution is -2.19. The molecule has 1 nitrogen and oxygen atoms in total. The number of hydrogen-bond acceptors (Lipinski definition) is 2. The van der Waals surface area contributed by atoms with Crippen molar-refractivity contribution in [3.05, 3.63) is 71.8 Å². The van der Waals surface area contributed by atoms with E-state index in [1.165, 1.54) is 42.7 Å². The first-order valence-electron chi connectivity index (χ1n) is 10.1. The van der Waals surface area contributed by atoms with Crippen LogP contribution < -0.4 is 4.90 Å². The summed E-state index contributed by atoms with van der Waals surface area (Å²) in [6.07, 6.45) is 0. The minimum Gasteiger partial charge on any atom is -0.343 e. The Morgan fingerprint density at radius 2 is 1.36 bits per heavy atom. The highest BCUT2D eigenvalue weighted by molar-refractivity contribution is 7.26. The van der Waals surface area contributed by atoms with E-state index in [-0.39, 0.29) is 5.41 Å². The Morgan fingerprint density at radius 3 is 2.04 bits per heavy atom. The van der Waals surface area contributed by atoms with Crippen molar-refractivity contribution in [2.75, 3.05) is 11.9 Å². The van der Waals surface area contributed by atoms with Crippen molar-refractivity contribution < 1.29 is 0 Å². The molecule has 28 heavy (non-hydrogen) atoms. The molecule has 0 saturated heterocycles. The molecule has 0 spiro atoms. The summed E-state index contributed by atoms with van der Waals surface area (Å²) in [5.74, 6) is 0.527. The zero-order chi connectivity index (χ0) is 20.1. The van der Waals surface area contributed by atoms with E-state index in [2.05, 4.69) is 107 Å². The molecule has 3 aromatic carbocycles. The Balaban J connectivity index is 1.96. The van der Waals surface area contributed by atoms with Gasteiger partial charge in [-0.2, -0.15) is 0 Å². The van der Waals surface area contributed by atoms with Crippen molar-refractivity contribution >= 4 is 42.9 Å². The zero-order valence-electron chi connectivity index (χ0n) is 17.7. The number of anilines is 2. The van der Waals surface area contributed by atoms with Crippen molar-refractivity contribution in [1.29, 1.82) is 0 Å². The number of fused-ring (bicyclic) bond motifs is 3. The average molecular weight is 388 g/mol.